The molecule has 0 aliphatic carbocycles. The number of benzene rings is 1. The maximum Gasteiger partial charge on any atom is 0.321 e. The molecule has 3 heterocycles. The fraction of sp³-hybridized carbons (Fsp3) is 0.667. The van der Waals surface area contributed by atoms with Crippen molar-refractivity contribution in [2.24, 2.45) is 0 Å². The zero-order chi connectivity index (χ0) is 18.7. The van der Waals surface area contributed by atoms with E-state index < -0.39 is 0 Å². The van der Waals surface area contributed by atoms with E-state index in [1.807, 2.05) is 36.1 Å². The molecule has 1 aromatic carbocycles. The summed E-state index contributed by atoms with van der Waals surface area (Å²) < 4.78 is 11.8. The maximum atomic E-state index is 12.6. The third-order valence-electron chi connectivity index (χ3n) is 6.26. The molecule has 4 rings (SSSR count). The van der Waals surface area contributed by atoms with Crippen LogP contribution in [0.5, 0.6) is 0 Å². The minimum absolute atomic E-state index is 0.00371. The molecule has 1 aromatic rings. The van der Waals surface area contributed by atoms with Crippen molar-refractivity contribution in [3.8, 4) is 0 Å². The molecule has 3 saturated heterocycles. The molecular weight excluding hydrogens is 342 g/mol. The smallest absolute Gasteiger partial charge is 0.321 e. The van der Waals surface area contributed by atoms with Crippen LogP contribution in [0.3, 0.4) is 0 Å². The van der Waals surface area contributed by atoms with Gasteiger partial charge in [-0.15, -0.1) is 0 Å². The van der Waals surface area contributed by atoms with Crippen molar-refractivity contribution in [2.45, 2.75) is 44.2 Å². The van der Waals surface area contributed by atoms with E-state index in [1.165, 1.54) is 0 Å². The Morgan fingerprint density at radius 3 is 2.67 bits per heavy atom. The van der Waals surface area contributed by atoms with Gasteiger partial charge in [0.1, 0.15) is 0 Å². The standard InChI is InChI=1S/C21H31N3O3/c1-17-3-2-4-18(15-17)22-20(25)24-8-6-21(7-9-24)16-19(5-12-27-21)23-10-13-26-14-11-23/h2-4,15,19H,5-14,16H2,1H3,(H,22,25). The van der Waals surface area contributed by atoms with E-state index in [0.717, 1.165) is 82.9 Å². The second-order valence-electron chi connectivity index (χ2n) is 8.11. The summed E-state index contributed by atoms with van der Waals surface area (Å²) in [7, 11) is 0. The molecule has 0 bridgehead atoms. The summed E-state index contributed by atoms with van der Waals surface area (Å²) in [5.74, 6) is 0. The minimum atomic E-state index is -0.0542. The Morgan fingerprint density at radius 1 is 1.15 bits per heavy atom. The highest BCUT2D eigenvalue weighted by Gasteiger charge is 2.42. The Bertz CT molecular complexity index is 652. The Labute approximate surface area is 161 Å². The van der Waals surface area contributed by atoms with E-state index in [-0.39, 0.29) is 11.6 Å². The maximum absolute atomic E-state index is 12.6. The van der Waals surface area contributed by atoms with Crippen molar-refractivity contribution < 1.29 is 14.3 Å². The van der Waals surface area contributed by atoms with Crippen molar-refractivity contribution >= 4 is 11.7 Å². The second-order valence-corrected chi connectivity index (χ2v) is 8.11. The number of hydrogen-bond acceptors (Lipinski definition) is 4. The van der Waals surface area contributed by atoms with Crippen LogP contribution in [0.25, 0.3) is 0 Å². The lowest BCUT2D eigenvalue weighted by Gasteiger charge is -2.48. The summed E-state index contributed by atoms with van der Waals surface area (Å²) in [6, 6.07) is 8.53. The molecule has 3 aliphatic heterocycles. The summed E-state index contributed by atoms with van der Waals surface area (Å²) in [6.07, 6.45) is 4.05. The fourth-order valence-electron chi connectivity index (χ4n) is 4.65. The molecule has 3 aliphatic rings. The first kappa shape index (κ1) is 18.7. The van der Waals surface area contributed by atoms with Crippen molar-refractivity contribution in [3.05, 3.63) is 29.8 Å². The highest BCUT2D eigenvalue weighted by atomic mass is 16.5. The average Bonchev–Trinajstić information content (AvgIpc) is 2.69. The third kappa shape index (κ3) is 4.45. The number of hydrogen-bond donors (Lipinski definition) is 1. The Kier molecular flexibility index (Phi) is 5.66. The third-order valence-corrected chi connectivity index (χ3v) is 6.26. The van der Waals surface area contributed by atoms with Crippen LogP contribution in [-0.4, -0.2) is 73.5 Å². The quantitative estimate of drug-likeness (QED) is 0.866. The highest BCUT2D eigenvalue weighted by molar-refractivity contribution is 5.89. The van der Waals surface area contributed by atoms with Gasteiger partial charge in [-0.1, -0.05) is 12.1 Å². The first-order valence-corrected chi connectivity index (χ1v) is 10.2. The molecule has 6 heteroatoms. The number of ether oxygens (including phenoxy) is 2. The zero-order valence-electron chi connectivity index (χ0n) is 16.3. The number of carbonyl (C=O) groups excluding carboxylic acids is 1. The average molecular weight is 373 g/mol. The highest BCUT2D eigenvalue weighted by Crippen LogP contribution is 2.37. The minimum Gasteiger partial charge on any atom is -0.379 e. The Morgan fingerprint density at radius 2 is 1.93 bits per heavy atom. The topological polar surface area (TPSA) is 54.0 Å². The fourth-order valence-corrected chi connectivity index (χ4v) is 4.65. The van der Waals surface area contributed by atoms with Crippen LogP contribution in [0, 0.1) is 6.92 Å². The normalized spacial score (nSPS) is 26.1. The van der Waals surface area contributed by atoms with E-state index in [9.17, 15) is 4.79 Å². The van der Waals surface area contributed by atoms with Crippen LogP contribution >= 0.6 is 0 Å². The second kappa shape index (κ2) is 8.17. The van der Waals surface area contributed by atoms with E-state index in [4.69, 9.17) is 9.47 Å². The van der Waals surface area contributed by atoms with Gasteiger partial charge in [-0.25, -0.2) is 4.79 Å². The molecule has 1 atom stereocenters. The summed E-state index contributed by atoms with van der Waals surface area (Å²) in [4.78, 5) is 17.1. The Balaban J connectivity index is 1.31. The van der Waals surface area contributed by atoms with Gasteiger partial charge in [0.25, 0.3) is 0 Å². The molecule has 148 valence electrons. The molecule has 0 saturated carbocycles. The number of nitrogens with one attached hydrogen (secondary N) is 1. The van der Waals surface area contributed by atoms with Gasteiger partial charge in [-0.05, 0) is 50.3 Å². The molecule has 1 spiro atoms. The van der Waals surface area contributed by atoms with E-state index in [1.54, 1.807) is 0 Å². The number of likely N-dealkylation sites (tertiary alicyclic amines) is 1. The number of rotatable bonds is 2. The molecule has 6 nitrogen and oxygen atoms in total. The number of morpholine rings is 1. The summed E-state index contributed by atoms with van der Waals surface area (Å²) >= 11 is 0. The molecular formula is C21H31N3O3. The predicted molar refractivity (Wildman–Crippen MR) is 105 cm³/mol. The summed E-state index contributed by atoms with van der Waals surface area (Å²) in [5, 5.41) is 3.03. The van der Waals surface area contributed by atoms with Crippen LogP contribution < -0.4 is 5.32 Å². The van der Waals surface area contributed by atoms with Crippen LogP contribution in [0.2, 0.25) is 0 Å². The van der Waals surface area contributed by atoms with Gasteiger partial charge in [0.05, 0.1) is 18.8 Å². The number of carbonyl (C=O) groups is 1. The number of aryl methyl sites for hydroxylation is 1. The van der Waals surface area contributed by atoms with Gasteiger partial charge in [0.15, 0.2) is 0 Å². The van der Waals surface area contributed by atoms with Crippen LogP contribution in [0.15, 0.2) is 24.3 Å². The molecule has 2 amide bonds. The first-order chi connectivity index (χ1) is 13.1. The number of amides is 2. The molecule has 0 aromatic heterocycles. The lowest BCUT2D eigenvalue weighted by molar-refractivity contribution is -0.135. The Hall–Kier alpha value is -1.63. The predicted octanol–water partition coefficient (Wildman–Crippen LogP) is 2.87. The van der Waals surface area contributed by atoms with Crippen LogP contribution in [-0.2, 0) is 9.47 Å². The summed E-state index contributed by atoms with van der Waals surface area (Å²) in [6.45, 7) is 8.14. The van der Waals surface area contributed by atoms with Crippen LogP contribution in [0.1, 0.15) is 31.2 Å². The zero-order valence-corrected chi connectivity index (χ0v) is 16.3. The van der Waals surface area contributed by atoms with Crippen molar-refractivity contribution in [1.29, 1.82) is 0 Å². The summed E-state index contributed by atoms with van der Waals surface area (Å²) in [5.41, 5.74) is 1.96. The van der Waals surface area contributed by atoms with Gasteiger partial charge < -0.3 is 19.7 Å². The van der Waals surface area contributed by atoms with Crippen LogP contribution in [0.4, 0.5) is 10.5 Å². The van der Waals surface area contributed by atoms with Gasteiger partial charge in [-0.3, -0.25) is 4.90 Å². The van der Waals surface area contributed by atoms with E-state index in [2.05, 4.69) is 10.2 Å². The SMILES string of the molecule is Cc1cccc(NC(=O)N2CCC3(CC2)CC(N2CCOCC2)CCO3)c1. The molecule has 1 N–H and O–H groups in total. The van der Waals surface area contributed by atoms with E-state index >= 15 is 0 Å². The van der Waals surface area contributed by atoms with Crippen molar-refractivity contribution in [3.63, 3.8) is 0 Å². The number of piperidine rings is 1. The van der Waals surface area contributed by atoms with Gasteiger partial charge in [0.2, 0.25) is 0 Å². The van der Waals surface area contributed by atoms with E-state index in [0.29, 0.717) is 6.04 Å². The molecule has 0 radical (unpaired) electrons. The lowest BCUT2D eigenvalue weighted by Crippen LogP contribution is -2.56. The lowest BCUT2D eigenvalue weighted by atomic mass is 9.82. The largest absolute Gasteiger partial charge is 0.379 e. The first-order valence-electron chi connectivity index (χ1n) is 10.2. The number of anilines is 1. The van der Waals surface area contributed by atoms with Crippen molar-refractivity contribution in [2.75, 3.05) is 51.3 Å². The van der Waals surface area contributed by atoms with Crippen molar-refractivity contribution in [1.82, 2.24) is 9.80 Å². The monoisotopic (exact) mass is 373 g/mol. The molecule has 3 fully saturated rings. The molecule has 27 heavy (non-hydrogen) atoms. The van der Waals surface area contributed by atoms with Gasteiger partial charge in [-0.2, -0.15) is 0 Å². The van der Waals surface area contributed by atoms with Gasteiger partial charge >= 0.3 is 6.03 Å². The number of urea groups is 1. The number of nitrogens with zero attached hydrogens (tertiary/aromatic N) is 2. The van der Waals surface area contributed by atoms with Gasteiger partial charge in [0, 0.05) is 44.5 Å². The molecule has 1 unspecified atom stereocenters.